The van der Waals surface area contributed by atoms with E-state index in [-0.39, 0.29) is 0 Å². The molecule has 0 nitrogen and oxygen atoms in total. The van der Waals surface area contributed by atoms with Crippen molar-refractivity contribution in [2.75, 3.05) is 0 Å². The van der Waals surface area contributed by atoms with Gasteiger partial charge in [-0.15, -0.1) is 0 Å². The van der Waals surface area contributed by atoms with E-state index >= 15 is 0 Å². The van der Waals surface area contributed by atoms with E-state index in [0.29, 0.717) is 0 Å². The predicted molar refractivity (Wildman–Crippen MR) is 73.7 cm³/mol. The molecule has 90 valence electrons. The molecule has 2 unspecified atom stereocenters. The van der Waals surface area contributed by atoms with Gasteiger partial charge in [-0.2, -0.15) is 0 Å². The number of fused-ring (bicyclic) bond motifs is 4. The molecule has 2 bridgehead atoms. The summed E-state index contributed by atoms with van der Waals surface area (Å²) >= 11 is 0. The quantitative estimate of drug-likeness (QED) is 0.512. The zero-order valence-electron chi connectivity index (χ0n) is 10.6. The number of rotatable bonds is 0. The highest BCUT2D eigenvalue weighted by atomic mass is 14.4. The molecule has 0 heterocycles. The Morgan fingerprint density at radius 1 is 0.647 bits per heavy atom. The van der Waals surface area contributed by atoms with Gasteiger partial charge in [-0.1, -0.05) is 47.6 Å². The molecule has 0 saturated carbocycles. The third-order valence-corrected chi connectivity index (χ3v) is 4.39. The summed E-state index contributed by atoms with van der Waals surface area (Å²) in [5.74, 6) is 1.60. The third-order valence-electron chi connectivity index (χ3n) is 4.39. The molecule has 0 radical (unpaired) electrons. The maximum atomic E-state index is 2.45. The molecule has 0 N–H and O–H groups in total. The Morgan fingerprint density at radius 3 is 1.65 bits per heavy atom. The molecule has 3 aliphatic carbocycles. The van der Waals surface area contributed by atoms with Gasteiger partial charge in [-0.3, -0.25) is 0 Å². The van der Waals surface area contributed by atoms with Crippen LogP contribution >= 0.6 is 0 Å². The minimum Gasteiger partial charge on any atom is -0.0882 e. The predicted octanol–water partition coefficient (Wildman–Crippen LogP) is 4.96. The second kappa shape index (κ2) is 5.08. The minimum atomic E-state index is 0.801. The molecule has 3 aliphatic rings. The second-order valence-electron chi connectivity index (χ2n) is 5.48. The fraction of sp³-hybridized carbons (Fsp3) is 0.529. The lowest BCUT2D eigenvalue weighted by Crippen LogP contribution is -1.99. The van der Waals surface area contributed by atoms with Crippen LogP contribution in [0.2, 0.25) is 0 Å². The summed E-state index contributed by atoms with van der Waals surface area (Å²) in [4.78, 5) is 0. The first kappa shape index (κ1) is 11.1. The molecule has 3 rings (SSSR count). The van der Waals surface area contributed by atoms with Gasteiger partial charge in [0.25, 0.3) is 0 Å². The average Bonchev–Trinajstić information content (AvgIpc) is 2.89. The van der Waals surface area contributed by atoms with Crippen molar-refractivity contribution in [3.63, 3.8) is 0 Å². The van der Waals surface area contributed by atoms with Gasteiger partial charge in [0.05, 0.1) is 0 Å². The lowest BCUT2D eigenvalue weighted by Gasteiger charge is -2.15. The Balaban J connectivity index is 1.77. The first-order chi connectivity index (χ1) is 8.45. The molecule has 0 heteroatoms. The van der Waals surface area contributed by atoms with Gasteiger partial charge in [0, 0.05) is 0 Å². The Hall–Kier alpha value is -1.04. The van der Waals surface area contributed by atoms with E-state index in [1.165, 1.54) is 44.9 Å². The molecular weight excluding hydrogens is 204 g/mol. The van der Waals surface area contributed by atoms with Crippen molar-refractivity contribution < 1.29 is 0 Å². The normalized spacial score (nSPS) is 36.2. The fourth-order valence-corrected chi connectivity index (χ4v) is 3.53. The monoisotopic (exact) mass is 226 g/mol. The van der Waals surface area contributed by atoms with Gasteiger partial charge in [0.2, 0.25) is 0 Å². The van der Waals surface area contributed by atoms with Gasteiger partial charge in [-0.25, -0.2) is 0 Å². The highest BCUT2D eigenvalue weighted by Crippen LogP contribution is 2.47. The van der Waals surface area contributed by atoms with Gasteiger partial charge in [-0.05, 0) is 56.8 Å². The molecule has 17 heavy (non-hydrogen) atoms. The van der Waals surface area contributed by atoms with Crippen LogP contribution < -0.4 is 0 Å². The Kier molecular flexibility index (Phi) is 3.31. The van der Waals surface area contributed by atoms with E-state index in [2.05, 4.69) is 36.5 Å². The van der Waals surface area contributed by atoms with Crippen molar-refractivity contribution in [2.24, 2.45) is 11.8 Å². The largest absolute Gasteiger partial charge is 0.0882 e. The van der Waals surface area contributed by atoms with Gasteiger partial charge in [0.15, 0.2) is 0 Å². The van der Waals surface area contributed by atoms with Crippen LogP contribution in [0.3, 0.4) is 0 Å². The maximum Gasteiger partial charge on any atom is -0.00114 e. The van der Waals surface area contributed by atoms with Crippen LogP contribution in [0, 0.1) is 11.8 Å². The summed E-state index contributed by atoms with van der Waals surface area (Å²) in [6.07, 6.45) is 23.3. The highest BCUT2D eigenvalue weighted by Gasteiger charge is 2.33. The lowest BCUT2D eigenvalue weighted by atomic mass is 9.90. The van der Waals surface area contributed by atoms with Crippen LogP contribution in [0.25, 0.3) is 0 Å². The lowest BCUT2D eigenvalue weighted by molar-refractivity contribution is 0.679. The summed E-state index contributed by atoms with van der Waals surface area (Å²) < 4.78 is 0. The summed E-state index contributed by atoms with van der Waals surface area (Å²) in [5.41, 5.74) is 3.58. The first-order valence-corrected chi connectivity index (χ1v) is 7.15. The van der Waals surface area contributed by atoms with Crippen molar-refractivity contribution in [3.05, 3.63) is 47.6 Å². The van der Waals surface area contributed by atoms with Crippen LogP contribution in [-0.4, -0.2) is 0 Å². The maximum absolute atomic E-state index is 2.45. The summed E-state index contributed by atoms with van der Waals surface area (Å²) in [7, 11) is 0. The smallest absolute Gasteiger partial charge is 0.00114 e. The van der Waals surface area contributed by atoms with E-state index in [1.54, 1.807) is 11.1 Å². The Morgan fingerprint density at radius 2 is 1.12 bits per heavy atom. The second-order valence-corrected chi connectivity index (χ2v) is 5.48. The standard InChI is InChI=1S/C17H22/c1-2-4-6-8-10-17-15-12-11-14(13-15)16(17)9-7-5-3-1/h3-6,11-12,14-15H,1-2,7-10,13H2/b5-3-,6-4-. The Bertz CT molecular complexity index is 356. The van der Waals surface area contributed by atoms with Crippen LogP contribution in [0.4, 0.5) is 0 Å². The van der Waals surface area contributed by atoms with E-state index < -0.39 is 0 Å². The minimum absolute atomic E-state index is 0.801. The Labute approximate surface area is 105 Å². The van der Waals surface area contributed by atoms with Crippen molar-refractivity contribution in [1.82, 2.24) is 0 Å². The zero-order valence-corrected chi connectivity index (χ0v) is 10.6. The third kappa shape index (κ3) is 2.31. The molecule has 0 aromatic rings. The van der Waals surface area contributed by atoms with Crippen LogP contribution in [0.5, 0.6) is 0 Å². The molecule has 0 saturated heterocycles. The highest BCUT2D eigenvalue weighted by molar-refractivity contribution is 5.37. The molecule has 0 aromatic heterocycles. The fourth-order valence-electron chi connectivity index (χ4n) is 3.53. The van der Waals surface area contributed by atoms with Crippen molar-refractivity contribution in [1.29, 1.82) is 0 Å². The molecule has 0 fully saturated rings. The van der Waals surface area contributed by atoms with E-state index in [9.17, 15) is 0 Å². The molecule has 0 amide bonds. The van der Waals surface area contributed by atoms with Crippen molar-refractivity contribution in [2.45, 2.75) is 44.9 Å². The summed E-state index contributed by atoms with van der Waals surface area (Å²) in [5, 5.41) is 0. The zero-order chi connectivity index (χ0) is 11.5. The summed E-state index contributed by atoms with van der Waals surface area (Å²) in [6.45, 7) is 0. The number of hydrogen-bond donors (Lipinski definition) is 0. The van der Waals surface area contributed by atoms with Gasteiger partial charge in [0.1, 0.15) is 0 Å². The molecule has 0 aliphatic heterocycles. The van der Waals surface area contributed by atoms with Crippen molar-refractivity contribution in [3.8, 4) is 0 Å². The molecule has 0 spiro atoms. The topological polar surface area (TPSA) is 0 Å². The van der Waals surface area contributed by atoms with Crippen LogP contribution in [0.1, 0.15) is 44.9 Å². The number of allylic oxidation sites excluding steroid dienone is 8. The number of hydrogen-bond acceptors (Lipinski definition) is 0. The molecule has 0 aromatic carbocycles. The molecular formula is C17H22. The van der Waals surface area contributed by atoms with E-state index in [0.717, 1.165) is 11.8 Å². The van der Waals surface area contributed by atoms with E-state index in [4.69, 9.17) is 0 Å². The SMILES string of the molecule is C1=CC2CC1C1=C2CC/C=C\CC/C=C\CC1. The van der Waals surface area contributed by atoms with Gasteiger partial charge < -0.3 is 0 Å². The van der Waals surface area contributed by atoms with Crippen LogP contribution in [0.15, 0.2) is 47.6 Å². The summed E-state index contributed by atoms with van der Waals surface area (Å²) in [6, 6.07) is 0. The first-order valence-electron chi connectivity index (χ1n) is 7.15. The average molecular weight is 226 g/mol. The molecule has 2 atom stereocenters. The van der Waals surface area contributed by atoms with Gasteiger partial charge >= 0.3 is 0 Å². The van der Waals surface area contributed by atoms with Crippen LogP contribution in [-0.2, 0) is 0 Å². The van der Waals surface area contributed by atoms with E-state index in [1.807, 2.05) is 0 Å². The van der Waals surface area contributed by atoms with Crippen molar-refractivity contribution >= 4 is 0 Å².